The molecule has 4 fully saturated rings. The molecule has 142 valence electrons. The van der Waals surface area contributed by atoms with Crippen molar-refractivity contribution >= 4 is 21.7 Å². The second-order valence-corrected chi connectivity index (χ2v) is 8.66. The maximum atomic E-state index is 13.3. The highest BCUT2D eigenvalue weighted by atomic mass is 79.9. The smallest absolute Gasteiger partial charge is 0.280 e. The van der Waals surface area contributed by atoms with E-state index in [2.05, 4.69) is 46.7 Å². The molecule has 27 heavy (non-hydrogen) atoms. The normalized spacial score (nSPS) is 25.0. The van der Waals surface area contributed by atoms with E-state index in [0.717, 1.165) is 43.4 Å². The Morgan fingerprint density at radius 1 is 1.11 bits per heavy atom. The van der Waals surface area contributed by atoms with Crippen LogP contribution in [0.25, 0.3) is 0 Å². The number of hydrogen-bond donors (Lipinski definition) is 0. The predicted octanol–water partition coefficient (Wildman–Crippen LogP) is 3.91. The largest absolute Gasteiger partial charge is 0.348 e. The van der Waals surface area contributed by atoms with Crippen molar-refractivity contribution in [2.45, 2.75) is 50.2 Å². The number of nitrogens with zero attached hydrogens (tertiary/aromatic N) is 5. The van der Waals surface area contributed by atoms with Crippen LogP contribution in [0.15, 0.2) is 29.0 Å². The molecule has 2 unspecified atom stereocenters. The molecule has 0 radical (unpaired) electrons. The van der Waals surface area contributed by atoms with Crippen LogP contribution in [0.4, 0.5) is 14.6 Å². The summed E-state index contributed by atoms with van der Waals surface area (Å²) < 4.78 is 27.6. The molecule has 6 rings (SSSR count). The number of aromatic nitrogens is 3. The van der Waals surface area contributed by atoms with Gasteiger partial charge < -0.3 is 4.90 Å². The number of piperidine rings is 1. The first-order valence-electron chi connectivity index (χ1n) is 9.34. The lowest BCUT2D eigenvalue weighted by molar-refractivity contribution is 0.107. The van der Waals surface area contributed by atoms with Crippen molar-refractivity contribution in [2.75, 3.05) is 18.0 Å². The van der Waals surface area contributed by atoms with Gasteiger partial charge in [0.05, 0.1) is 0 Å². The van der Waals surface area contributed by atoms with Gasteiger partial charge in [-0.15, -0.1) is 0 Å². The van der Waals surface area contributed by atoms with Gasteiger partial charge in [-0.1, -0.05) is 0 Å². The molecule has 5 heterocycles. The number of piperazine rings is 1. The van der Waals surface area contributed by atoms with Gasteiger partial charge in [0.25, 0.3) is 6.43 Å². The Kier molecular flexibility index (Phi) is 4.35. The zero-order valence-corrected chi connectivity index (χ0v) is 16.3. The molecular formula is C19H20BrF2N5. The molecule has 2 aromatic heterocycles. The Morgan fingerprint density at radius 2 is 1.89 bits per heavy atom. The molecule has 8 heteroatoms. The van der Waals surface area contributed by atoms with E-state index in [1.807, 2.05) is 6.20 Å². The van der Waals surface area contributed by atoms with Gasteiger partial charge in [-0.3, -0.25) is 9.88 Å². The highest BCUT2D eigenvalue weighted by Gasteiger charge is 2.45. The van der Waals surface area contributed by atoms with Crippen molar-refractivity contribution in [3.05, 3.63) is 46.1 Å². The van der Waals surface area contributed by atoms with Crippen molar-refractivity contribution in [2.24, 2.45) is 0 Å². The lowest BCUT2D eigenvalue weighted by Crippen LogP contribution is -2.69. The lowest BCUT2D eigenvalue weighted by atomic mass is 9.87. The second kappa shape index (κ2) is 6.74. The standard InChI is InChI=1S/C19H20BrF2N5/c20-13-3-11(6-23-7-13)8-26-9-14-4-15(10-26)27(14)17-5-16(18(21)22)24-19(25-17)12-1-2-12/h3,5-7,12,14-15,18H,1-2,4,8-10H2. The third-order valence-electron chi connectivity index (χ3n) is 5.62. The predicted molar refractivity (Wildman–Crippen MR) is 101 cm³/mol. The summed E-state index contributed by atoms with van der Waals surface area (Å²) in [4.78, 5) is 17.6. The minimum absolute atomic E-state index is 0.135. The summed E-state index contributed by atoms with van der Waals surface area (Å²) in [6.45, 7) is 2.68. The molecule has 3 saturated heterocycles. The number of rotatable bonds is 5. The fourth-order valence-electron chi connectivity index (χ4n) is 4.24. The molecule has 4 aliphatic rings. The van der Waals surface area contributed by atoms with E-state index < -0.39 is 6.43 Å². The maximum absolute atomic E-state index is 13.3. The molecule has 0 aromatic carbocycles. The summed E-state index contributed by atoms with van der Waals surface area (Å²) in [7, 11) is 0. The summed E-state index contributed by atoms with van der Waals surface area (Å²) in [5.74, 6) is 1.56. The maximum Gasteiger partial charge on any atom is 0.280 e. The Balaban J connectivity index is 1.32. The first-order chi connectivity index (χ1) is 13.1. The highest BCUT2D eigenvalue weighted by molar-refractivity contribution is 9.10. The minimum atomic E-state index is -2.55. The third kappa shape index (κ3) is 3.45. The van der Waals surface area contributed by atoms with Gasteiger partial charge in [0.1, 0.15) is 17.3 Å². The van der Waals surface area contributed by atoms with Crippen LogP contribution in [-0.2, 0) is 6.54 Å². The van der Waals surface area contributed by atoms with Gasteiger partial charge in [0.2, 0.25) is 0 Å². The number of halogens is 3. The Hall–Kier alpha value is -1.67. The van der Waals surface area contributed by atoms with E-state index in [0.29, 0.717) is 23.7 Å². The molecule has 1 saturated carbocycles. The van der Waals surface area contributed by atoms with Crippen LogP contribution in [0.1, 0.15) is 48.7 Å². The zero-order chi connectivity index (χ0) is 18.5. The van der Waals surface area contributed by atoms with Crippen LogP contribution in [0, 0.1) is 0 Å². The van der Waals surface area contributed by atoms with Gasteiger partial charge >= 0.3 is 0 Å². The molecule has 2 bridgehead atoms. The molecule has 2 atom stereocenters. The minimum Gasteiger partial charge on any atom is -0.348 e. The molecule has 2 aromatic rings. The molecule has 3 aliphatic heterocycles. The molecule has 0 spiro atoms. The fraction of sp³-hybridized carbons (Fsp3) is 0.526. The molecule has 5 nitrogen and oxygen atoms in total. The summed E-state index contributed by atoms with van der Waals surface area (Å²) >= 11 is 3.46. The molecule has 1 aliphatic carbocycles. The van der Waals surface area contributed by atoms with Gasteiger partial charge in [-0.2, -0.15) is 0 Å². The Bertz CT molecular complexity index is 827. The summed E-state index contributed by atoms with van der Waals surface area (Å²) in [6.07, 6.45) is 4.24. The van der Waals surface area contributed by atoms with E-state index in [4.69, 9.17) is 0 Å². The highest BCUT2D eigenvalue weighted by Crippen LogP contribution is 2.42. The average molecular weight is 436 g/mol. The van der Waals surface area contributed by atoms with Gasteiger partial charge in [-0.05, 0) is 46.8 Å². The third-order valence-corrected chi connectivity index (χ3v) is 6.05. The Morgan fingerprint density at radius 3 is 2.56 bits per heavy atom. The van der Waals surface area contributed by atoms with E-state index in [1.54, 1.807) is 6.20 Å². The van der Waals surface area contributed by atoms with Crippen LogP contribution >= 0.6 is 15.9 Å². The SMILES string of the molecule is FC(F)c1cc(N2C3CC2CN(Cc2cncc(Br)c2)C3)nc(C2CC2)n1. The van der Waals surface area contributed by atoms with Crippen molar-refractivity contribution < 1.29 is 8.78 Å². The molecular weight excluding hydrogens is 416 g/mol. The van der Waals surface area contributed by atoms with E-state index >= 15 is 0 Å². The molecule has 0 amide bonds. The number of hydrogen-bond acceptors (Lipinski definition) is 5. The van der Waals surface area contributed by atoms with Crippen LogP contribution < -0.4 is 4.90 Å². The Labute approximate surface area is 164 Å². The van der Waals surface area contributed by atoms with Crippen molar-refractivity contribution in [3.8, 4) is 0 Å². The average Bonchev–Trinajstić information content (AvgIpc) is 3.46. The van der Waals surface area contributed by atoms with Crippen molar-refractivity contribution in [1.82, 2.24) is 19.9 Å². The monoisotopic (exact) mass is 435 g/mol. The van der Waals surface area contributed by atoms with Gasteiger partial charge in [-0.25, -0.2) is 18.7 Å². The summed E-state index contributed by atoms with van der Waals surface area (Å²) in [6, 6.07) is 4.24. The van der Waals surface area contributed by atoms with Crippen LogP contribution in [0.3, 0.4) is 0 Å². The number of alkyl halides is 2. The zero-order valence-electron chi connectivity index (χ0n) is 14.7. The fourth-order valence-corrected chi connectivity index (χ4v) is 4.65. The van der Waals surface area contributed by atoms with Crippen LogP contribution in [0.5, 0.6) is 0 Å². The first kappa shape index (κ1) is 17.4. The van der Waals surface area contributed by atoms with Crippen LogP contribution in [0.2, 0.25) is 0 Å². The van der Waals surface area contributed by atoms with Gasteiger partial charge in [0.15, 0.2) is 0 Å². The lowest BCUT2D eigenvalue weighted by Gasteiger charge is -2.57. The summed E-state index contributed by atoms with van der Waals surface area (Å²) in [5.41, 5.74) is 1.04. The van der Waals surface area contributed by atoms with Crippen molar-refractivity contribution in [3.63, 3.8) is 0 Å². The van der Waals surface area contributed by atoms with E-state index in [9.17, 15) is 8.78 Å². The number of fused-ring (bicyclic) bond motifs is 2. The number of anilines is 1. The second-order valence-electron chi connectivity index (χ2n) is 7.74. The first-order valence-corrected chi connectivity index (χ1v) is 10.1. The quantitative estimate of drug-likeness (QED) is 0.712. The van der Waals surface area contributed by atoms with E-state index in [1.165, 1.54) is 11.6 Å². The van der Waals surface area contributed by atoms with Crippen LogP contribution in [-0.4, -0.2) is 45.0 Å². The topological polar surface area (TPSA) is 45.2 Å². The number of pyridine rings is 1. The summed E-state index contributed by atoms with van der Waals surface area (Å²) in [5, 5.41) is 0. The van der Waals surface area contributed by atoms with Crippen molar-refractivity contribution in [1.29, 1.82) is 0 Å². The van der Waals surface area contributed by atoms with E-state index in [-0.39, 0.29) is 11.6 Å². The molecule has 0 N–H and O–H groups in total. The van der Waals surface area contributed by atoms with Gasteiger partial charge in [0, 0.05) is 60.6 Å².